The third-order valence-electron chi connectivity index (χ3n) is 16.8. The van der Waals surface area contributed by atoms with Gasteiger partial charge in [-0.2, -0.15) is 0 Å². The van der Waals surface area contributed by atoms with Crippen molar-refractivity contribution in [2.75, 3.05) is 39.6 Å². The van der Waals surface area contributed by atoms with Crippen molar-refractivity contribution in [3.63, 3.8) is 0 Å². The van der Waals surface area contributed by atoms with Crippen LogP contribution in [0.1, 0.15) is 363 Å². The first kappa shape index (κ1) is 88.1. The van der Waals surface area contributed by atoms with Gasteiger partial charge in [-0.05, 0) is 37.5 Å². The predicted molar refractivity (Wildman–Crippen MR) is 363 cm³/mol. The van der Waals surface area contributed by atoms with E-state index in [9.17, 15) is 43.2 Å². The quantitative estimate of drug-likeness (QED) is 0.0222. The van der Waals surface area contributed by atoms with Gasteiger partial charge in [-0.1, -0.05) is 311 Å². The first-order chi connectivity index (χ1) is 43.4. The van der Waals surface area contributed by atoms with Crippen LogP contribution in [0, 0.1) is 11.8 Å². The summed E-state index contributed by atoms with van der Waals surface area (Å²) < 4.78 is 68.3. The van der Waals surface area contributed by atoms with E-state index in [0.29, 0.717) is 25.7 Å². The normalized spacial score (nSPS) is 14.4. The maximum absolute atomic E-state index is 13.0. The van der Waals surface area contributed by atoms with Gasteiger partial charge < -0.3 is 33.8 Å². The molecule has 0 aromatic rings. The molecule has 0 saturated carbocycles. The average Bonchev–Trinajstić information content (AvgIpc) is 3.52. The van der Waals surface area contributed by atoms with Crippen molar-refractivity contribution in [2.24, 2.45) is 11.8 Å². The SMILES string of the molecule is CCCCCCCCCCCCCCCCC(=O)OC[C@H](COP(=O)(O)OC[C@@H](O)COP(=O)(O)OC[C@@H](COC(=O)CCCCCCCCC(C)CC)OC(=O)CCCCCCCCCCCC(C)C)OC(=O)CCCCCCCCCCCCCCCC. The Bertz CT molecular complexity index is 1750. The number of carbonyl (C=O) groups is 4. The van der Waals surface area contributed by atoms with E-state index in [-0.39, 0.29) is 25.7 Å². The Kier molecular flexibility index (Phi) is 61.8. The summed E-state index contributed by atoms with van der Waals surface area (Å²) in [5.74, 6) is -0.655. The molecule has 3 unspecified atom stereocenters. The molecule has 0 fully saturated rings. The van der Waals surface area contributed by atoms with Gasteiger partial charge in [0, 0.05) is 25.7 Å². The minimum absolute atomic E-state index is 0.104. The van der Waals surface area contributed by atoms with Gasteiger partial charge in [0.15, 0.2) is 12.2 Å². The van der Waals surface area contributed by atoms with Gasteiger partial charge in [0.2, 0.25) is 0 Å². The summed E-state index contributed by atoms with van der Waals surface area (Å²) in [6.45, 7) is 9.50. The molecule has 90 heavy (non-hydrogen) atoms. The van der Waals surface area contributed by atoms with Crippen LogP contribution in [-0.2, 0) is 65.4 Å². The van der Waals surface area contributed by atoms with Crippen LogP contribution in [0.5, 0.6) is 0 Å². The van der Waals surface area contributed by atoms with Crippen LogP contribution in [0.15, 0.2) is 0 Å². The second-order valence-corrected chi connectivity index (χ2v) is 29.3. The van der Waals surface area contributed by atoms with Crippen molar-refractivity contribution in [3.05, 3.63) is 0 Å². The maximum atomic E-state index is 13.0. The molecule has 0 amide bonds. The summed E-state index contributed by atoms with van der Waals surface area (Å²) in [5.41, 5.74) is 0. The van der Waals surface area contributed by atoms with E-state index in [0.717, 1.165) is 108 Å². The zero-order chi connectivity index (χ0) is 66.5. The highest BCUT2D eigenvalue weighted by Crippen LogP contribution is 2.45. The average molecular weight is 1330 g/mol. The van der Waals surface area contributed by atoms with E-state index in [1.807, 2.05) is 0 Å². The Balaban J connectivity index is 5.26. The number of carbonyl (C=O) groups excluding carboxylic acids is 4. The molecule has 534 valence electrons. The highest BCUT2D eigenvalue weighted by Gasteiger charge is 2.30. The fourth-order valence-electron chi connectivity index (χ4n) is 10.7. The van der Waals surface area contributed by atoms with E-state index in [1.54, 1.807) is 0 Å². The third-order valence-corrected chi connectivity index (χ3v) is 18.7. The van der Waals surface area contributed by atoms with Crippen LogP contribution in [0.4, 0.5) is 0 Å². The zero-order valence-corrected chi connectivity index (χ0v) is 60.2. The standard InChI is InChI=1S/C71H138O17P2/c1-7-10-12-14-16-18-20-22-24-26-30-34-41-47-53-68(73)81-59-66(87-70(75)55-49-43-35-31-27-25-23-21-19-17-15-13-11-8-2)61-85-89(77,78)83-57-65(72)58-84-90(79,80)86-62-67(60-82-69(74)54-48-42-38-37-40-46-52-64(6)9-3)88-71(76)56-50-44-36-32-28-29-33-39-45-51-63(4)5/h63-67,72H,7-62H2,1-6H3,(H,77,78)(H,79,80)/t64?,65-,66-,67-/m1/s1. The van der Waals surface area contributed by atoms with Crippen LogP contribution >= 0.6 is 15.6 Å². The second kappa shape index (κ2) is 63.1. The minimum atomic E-state index is -4.95. The molecule has 3 N–H and O–H groups in total. The number of esters is 4. The molecule has 0 aromatic carbocycles. The van der Waals surface area contributed by atoms with E-state index >= 15 is 0 Å². The summed E-state index contributed by atoms with van der Waals surface area (Å²) in [5, 5.41) is 10.6. The van der Waals surface area contributed by atoms with Crippen molar-refractivity contribution in [1.82, 2.24) is 0 Å². The Morgan fingerprint density at radius 2 is 0.567 bits per heavy atom. The second-order valence-electron chi connectivity index (χ2n) is 26.3. The number of rotatable bonds is 70. The minimum Gasteiger partial charge on any atom is -0.462 e. The largest absolute Gasteiger partial charge is 0.472 e. The summed E-state index contributed by atoms with van der Waals surface area (Å²) in [7, 11) is -9.90. The smallest absolute Gasteiger partial charge is 0.462 e. The van der Waals surface area contributed by atoms with E-state index < -0.39 is 97.5 Å². The van der Waals surface area contributed by atoms with Crippen LogP contribution in [-0.4, -0.2) is 96.7 Å². The predicted octanol–water partition coefficient (Wildman–Crippen LogP) is 20.4. The van der Waals surface area contributed by atoms with E-state index in [4.69, 9.17) is 37.0 Å². The van der Waals surface area contributed by atoms with Gasteiger partial charge in [-0.3, -0.25) is 37.3 Å². The van der Waals surface area contributed by atoms with E-state index in [2.05, 4.69) is 41.5 Å². The first-order valence-corrected chi connectivity index (χ1v) is 40.0. The van der Waals surface area contributed by atoms with Gasteiger partial charge in [0.1, 0.15) is 19.3 Å². The summed E-state index contributed by atoms with van der Waals surface area (Å²) >= 11 is 0. The van der Waals surface area contributed by atoms with Gasteiger partial charge in [0.25, 0.3) is 0 Å². The summed E-state index contributed by atoms with van der Waals surface area (Å²) in [4.78, 5) is 72.6. The molecule has 0 bridgehead atoms. The summed E-state index contributed by atoms with van der Waals surface area (Å²) in [6.07, 6.45) is 48.5. The highest BCUT2D eigenvalue weighted by atomic mass is 31.2. The van der Waals surface area contributed by atoms with Crippen molar-refractivity contribution in [2.45, 2.75) is 381 Å². The van der Waals surface area contributed by atoms with Gasteiger partial charge >= 0.3 is 39.5 Å². The molecule has 0 radical (unpaired) electrons. The van der Waals surface area contributed by atoms with Crippen LogP contribution < -0.4 is 0 Å². The van der Waals surface area contributed by atoms with E-state index in [1.165, 1.54) is 173 Å². The lowest BCUT2D eigenvalue weighted by Crippen LogP contribution is -2.30. The van der Waals surface area contributed by atoms with Crippen molar-refractivity contribution >= 4 is 39.5 Å². The lowest BCUT2D eigenvalue weighted by atomic mass is 10.00. The Morgan fingerprint density at radius 1 is 0.322 bits per heavy atom. The van der Waals surface area contributed by atoms with Crippen molar-refractivity contribution in [3.8, 4) is 0 Å². The molecule has 0 rings (SSSR count). The fraction of sp³-hybridized carbons (Fsp3) is 0.944. The molecule has 0 saturated heterocycles. The maximum Gasteiger partial charge on any atom is 0.472 e. The Labute approximate surface area is 549 Å². The van der Waals surface area contributed by atoms with Crippen LogP contribution in [0.3, 0.4) is 0 Å². The molecular weight excluding hydrogens is 1190 g/mol. The molecule has 19 heteroatoms. The number of aliphatic hydroxyl groups is 1. The molecule has 17 nitrogen and oxygen atoms in total. The molecule has 0 aliphatic rings. The van der Waals surface area contributed by atoms with Crippen LogP contribution in [0.25, 0.3) is 0 Å². The highest BCUT2D eigenvalue weighted by molar-refractivity contribution is 7.47. The topological polar surface area (TPSA) is 237 Å². The van der Waals surface area contributed by atoms with Crippen molar-refractivity contribution in [1.29, 1.82) is 0 Å². The van der Waals surface area contributed by atoms with Crippen molar-refractivity contribution < 1.29 is 80.2 Å². The van der Waals surface area contributed by atoms with Gasteiger partial charge in [-0.25, -0.2) is 9.13 Å². The first-order valence-electron chi connectivity index (χ1n) is 37.0. The number of hydrogen-bond donors (Lipinski definition) is 3. The summed E-state index contributed by atoms with van der Waals surface area (Å²) in [6, 6.07) is 0. The molecule has 0 aliphatic carbocycles. The Morgan fingerprint density at radius 3 is 0.844 bits per heavy atom. The number of phosphoric acid groups is 2. The lowest BCUT2D eigenvalue weighted by molar-refractivity contribution is -0.161. The Hall–Kier alpha value is -1.94. The van der Waals surface area contributed by atoms with Gasteiger partial charge in [-0.15, -0.1) is 0 Å². The monoisotopic (exact) mass is 1320 g/mol. The molecule has 0 aromatic heterocycles. The molecular formula is C71H138O17P2. The molecule has 6 atom stereocenters. The molecule has 0 aliphatic heterocycles. The molecule has 0 heterocycles. The third kappa shape index (κ3) is 63.5. The van der Waals surface area contributed by atoms with Gasteiger partial charge in [0.05, 0.1) is 26.4 Å². The number of ether oxygens (including phenoxy) is 4. The lowest BCUT2D eigenvalue weighted by Gasteiger charge is -2.21. The number of hydrogen-bond acceptors (Lipinski definition) is 15. The number of aliphatic hydroxyl groups excluding tert-OH is 1. The molecule has 0 spiro atoms. The number of unbranched alkanes of at least 4 members (excludes halogenated alkanes) is 39. The zero-order valence-electron chi connectivity index (χ0n) is 58.4. The fourth-order valence-corrected chi connectivity index (χ4v) is 12.3. The number of phosphoric ester groups is 2. The van der Waals surface area contributed by atoms with Crippen LogP contribution in [0.2, 0.25) is 0 Å².